The molecule has 0 aliphatic rings. The molecule has 4 aromatic heterocycles. The number of nitrogens with zero attached hydrogens (tertiary/aromatic N) is 8. The third-order valence-electron chi connectivity index (χ3n) is 8.59. The summed E-state index contributed by atoms with van der Waals surface area (Å²) in [6.45, 7) is 9.42. The molecule has 284 valence electrons. The zero-order valence-corrected chi connectivity index (χ0v) is 31.2. The number of rotatable bonds is 13. The molecule has 1 atom stereocenters. The fourth-order valence-corrected chi connectivity index (χ4v) is 5.88. The van der Waals surface area contributed by atoms with Crippen molar-refractivity contribution >= 4 is 57.6 Å². The molecular formula is C36H44N12O6. The Morgan fingerprint density at radius 1 is 0.741 bits per heavy atom. The Morgan fingerprint density at radius 3 is 1.70 bits per heavy atom. The molecule has 4 heterocycles. The van der Waals surface area contributed by atoms with Crippen LogP contribution in [-0.2, 0) is 36.2 Å². The molecule has 0 fully saturated rings. The first-order chi connectivity index (χ1) is 25.8. The van der Waals surface area contributed by atoms with E-state index < -0.39 is 11.8 Å². The number of hydrogen-bond donors (Lipinski definition) is 4. The lowest BCUT2D eigenvalue weighted by Gasteiger charge is -2.17. The maximum absolute atomic E-state index is 12.9. The number of primary amides is 2. The molecular weight excluding hydrogens is 696 g/mol. The van der Waals surface area contributed by atoms with Gasteiger partial charge in [-0.3, -0.25) is 39.2 Å². The van der Waals surface area contributed by atoms with Crippen LogP contribution in [0, 0.1) is 13.8 Å². The minimum Gasteiger partial charge on any atom is -0.382 e. The summed E-state index contributed by atoms with van der Waals surface area (Å²) >= 11 is 0. The molecule has 0 aliphatic carbocycles. The summed E-state index contributed by atoms with van der Waals surface area (Å²) in [5.41, 5.74) is 16.5. The summed E-state index contributed by atoms with van der Waals surface area (Å²) in [5, 5.41) is 14.2. The summed E-state index contributed by atoms with van der Waals surface area (Å²) in [6, 6.07) is 13.4. The smallest absolute Gasteiger partial charge is 0.276 e. The Hall–Kier alpha value is -6.40. The van der Waals surface area contributed by atoms with Gasteiger partial charge in [0.2, 0.25) is 23.7 Å². The fourth-order valence-electron chi connectivity index (χ4n) is 5.88. The molecule has 0 saturated carbocycles. The van der Waals surface area contributed by atoms with Crippen LogP contribution in [0.2, 0.25) is 0 Å². The van der Waals surface area contributed by atoms with Crippen molar-refractivity contribution in [3.63, 3.8) is 0 Å². The standard InChI is InChI=1S/C20H26N6O4.C16H18N6O2/c1-5-26-17(8-12(2)24-26)19(28)23-20-22-15-9-13(18(21)27)6-7-16(15)25(20)10-14(30-4)11-29-3;1-4-22-13(7-9(2)20-22)15(24)19-16-18-11-8-10(14(17)23)5-6-12(11)21(16)3/h6-9,14H,5,10-11H2,1-4H3,(H2,21,27)(H,22,23,28);5-8H,4H2,1-3H3,(H2,17,23)(H,18,19,24). The second kappa shape index (κ2) is 16.5. The lowest BCUT2D eigenvalue weighted by Crippen LogP contribution is -2.26. The molecule has 54 heavy (non-hydrogen) atoms. The first kappa shape index (κ1) is 38.8. The van der Waals surface area contributed by atoms with Crippen molar-refractivity contribution in [2.24, 2.45) is 18.5 Å². The summed E-state index contributed by atoms with van der Waals surface area (Å²) in [4.78, 5) is 57.2. The predicted molar refractivity (Wildman–Crippen MR) is 201 cm³/mol. The van der Waals surface area contributed by atoms with Gasteiger partial charge in [0.1, 0.15) is 11.4 Å². The summed E-state index contributed by atoms with van der Waals surface area (Å²) < 4.78 is 17.5. The number of aryl methyl sites for hydroxylation is 5. The highest BCUT2D eigenvalue weighted by atomic mass is 16.5. The highest BCUT2D eigenvalue weighted by Gasteiger charge is 2.21. The van der Waals surface area contributed by atoms with Gasteiger partial charge in [-0.2, -0.15) is 10.2 Å². The number of methoxy groups -OCH3 is 2. The number of anilines is 2. The minimum atomic E-state index is -0.548. The van der Waals surface area contributed by atoms with Crippen LogP contribution in [0.1, 0.15) is 66.9 Å². The molecule has 18 nitrogen and oxygen atoms in total. The Morgan fingerprint density at radius 2 is 1.22 bits per heavy atom. The van der Waals surface area contributed by atoms with Crippen molar-refractivity contribution in [3.8, 4) is 0 Å². The average Bonchev–Trinajstić information content (AvgIpc) is 3.90. The molecule has 0 bridgehead atoms. The molecule has 0 spiro atoms. The number of fused-ring (bicyclic) bond motifs is 2. The van der Waals surface area contributed by atoms with Gasteiger partial charge in [0.05, 0.1) is 52.7 Å². The molecule has 2 aromatic carbocycles. The molecule has 1 unspecified atom stereocenters. The maximum Gasteiger partial charge on any atom is 0.276 e. The van der Waals surface area contributed by atoms with Gasteiger partial charge in [0.15, 0.2) is 0 Å². The van der Waals surface area contributed by atoms with Gasteiger partial charge in [0, 0.05) is 45.5 Å². The van der Waals surface area contributed by atoms with Gasteiger partial charge in [0.25, 0.3) is 11.8 Å². The first-order valence-corrected chi connectivity index (χ1v) is 17.1. The normalized spacial score (nSPS) is 11.7. The van der Waals surface area contributed by atoms with E-state index in [0.29, 0.717) is 71.7 Å². The molecule has 6 aromatic rings. The fraction of sp³-hybridized carbons (Fsp3) is 0.333. The number of amides is 4. The summed E-state index contributed by atoms with van der Waals surface area (Å²) in [5.74, 6) is -0.964. The number of nitrogens with one attached hydrogen (secondary N) is 2. The van der Waals surface area contributed by atoms with Crippen LogP contribution in [-0.4, -0.2) is 89.2 Å². The molecule has 6 N–H and O–H groups in total. The lowest BCUT2D eigenvalue weighted by molar-refractivity contribution is 0.0193. The zero-order valence-electron chi connectivity index (χ0n) is 31.2. The molecule has 0 aliphatic heterocycles. The second-order valence-electron chi connectivity index (χ2n) is 12.4. The SMILES string of the molecule is CCn1nc(C)cc1C(=O)Nc1nc2cc(C(N)=O)ccc2n1C.CCn1nc(C)cc1C(=O)Nc1nc2cc(C(N)=O)ccc2n1CC(COC)OC. The zero-order chi connectivity index (χ0) is 39.3. The van der Waals surface area contributed by atoms with Crippen LogP contribution in [0.3, 0.4) is 0 Å². The molecule has 4 amide bonds. The van der Waals surface area contributed by atoms with Gasteiger partial charge < -0.3 is 30.1 Å². The number of ether oxygens (including phenoxy) is 2. The van der Waals surface area contributed by atoms with Crippen molar-refractivity contribution in [1.29, 1.82) is 0 Å². The highest BCUT2D eigenvalue weighted by molar-refractivity contribution is 6.04. The Bertz CT molecular complexity index is 2350. The molecule has 0 saturated heterocycles. The van der Waals surface area contributed by atoms with E-state index in [2.05, 4.69) is 30.8 Å². The number of aromatic nitrogens is 8. The number of imidazole rings is 2. The maximum atomic E-state index is 12.9. The minimum absolute atomic E-state index is 0.262. The third kappa shape index (κ3) is 8.29. The molecule has 18 heteroatoms. The summed E-state index contributed by atoms with van der Waals surface area (Å²) in [7, 11) is 4.97. The van der Waals surface area contributed by atoms with Crippen LogP contribution in [0.25, 0.3) is 22.1 Å². The van der Waals surface area contributed by atoms with Gasteiger partial charge in [-0.05, 0) is 76.2 Å². The van der Waals surface area contributed by atoms with E-state index in [1.807, 2.05) is 32.3 Å². The van der Waals surface area contributed by atoms with E-state index in [1.54, 1.807) is 83.7 Å². The quantitative estimate of drug-likeness (QED) is 0.135. The van der Waals surface area contributed by atoms with Crippen LogP contribution >= 0.6 is 0 Å². The van der Waals surface area contributed by atoms with Crippen LogP contribution < -0.4 is 22.1 Å². The van der Waals surface area contributed by atoms with Crippen LogP contribution in [0.5, 0.6) is 0 Å². The topological polar surface area (TPSA) is 234 Å². The number of nitrogens with two attached hydrogens (primary N) is 2. The second-order valence-corrected chi connectivity index (χ2v) is 12.4. The number of hydrogen-bond acceptors (Lipinski definition) is 10. The summed E-state index contributed by atoms with van der Waals surface area (Å²) in [6.07, 6.45) is -0.262. The predicted octanol–water partition coefficient (Wildman–Crippen LogP) is 3.02. The first-order valence-electron chi connectivity index (χ1n) is 17.1. The Balaban J connectivity index is 0.000000213. The van der Waals surface area contributed by atoms with Crippen molar-refractivity contribution in [2.75, 3.05) is 31.5 Å². The van der Waals surface area contributed by atoms with Gasteiger partial charge in [-0.1, -0.05) is 0 Å². The van der Waals surface area contributed by atoms with Crippen LogP contribution in [0.15, 0.2) is 48.5 Å². The largest absolute Gasteiger partial charge is 0.382 e. The van der Waals surface area contributed by atoms with E-state index in [9.17, 15) is 19.2 Å². The van der Waals surface area contributed by atoms with Gasteiger partial charge in [-0.25, -0.2) is 9.97 Å². The van der Waals surface area contributed by atoms with E-state index >= 15 is 0 Å². The number of carbonyl (C=O) groups excluding carboxylic acids is 4. The number of benzene rings is 2. The van der Waals surface area contributed by atoms with Crippen molar-refractivity contribution in [1.82, 2.24) is 38.7 Å². The van der Waals surface area contributed by atoms with Crippen molar-refractivity contribution in [3.05, 3.63) is 82.4 Å². The van der Waals surface area contributed by atoms with Crippen molar-refractivity contribution < 1.29 is 28.7 Å². The Kier molecular flexibility index (Phi) is 11.9. The monoisotopic (exact) mass is 740 g/mol. The number of carbonyl (C=O) groups is 4. The average molecular weight is 741 g/mol. The molecule has 0 radical (unpaired) electrons. The van der Waals surface area contributed by atoms with E-state index in [-0.39, 0.29) is 17.9 Å². The Labute approximate surface area is 310 Å². The van der Waals surface area contributed by atoms with Gasteiger partial charge >= 0.3 is 0 Å². The third-order valence-corrected chi connectivity index (χ3v) is 8.59. The van der Waals surface area contributed by atoms with Crippen molar-refractivity contribution in [2.45, 2.75) is 53.4 Å². The van der Waals surface area contributed by atoms with E-state index in [1.165, 1.54) is 0 Å². The van der Waals surface area contributed by atoms with E-state index in [0.717, 1.165) is 22.4 Å². The van der Waals surface area contributed by atoms with Gasteiger partial charge in [-0.15, -0.1) is 0 Å². The molecule has 6 rings (SSSR count). The van der Waals surface area contributed by atoms with Crippen LogP contribution in [0.4, 0.5) is 11.9 Å². The van der Waals surface area contributed by atoms with E-state index in [4.69, 9.17) is 20.9 Å². The highest BCUT2D eigenvalue weighted by Crippen LogP contribution is 2.24. The lowest BCUT2D eigenvalue weighted by atomic mass is 10.2.